The van der Waals surface area contributed by atoms with Crippen molar-refractivity contribution in [2.24, 2.45) is 11.8 Å². The van der Waals surface area contributed by atoms with Crippen LogP contribution in [0, 0.1) is 11.8 Å². The number of hydrogen-bond donors (Lipinski definition) is 4. The van der Waals surface area contributed by atoms with Gasteiger partial charge in [0.1, 0.15) is 5.82 Å². The van der Waals surface area contributed by atoms with Crippen LogP contribution in [0.25, 0.3) is 20.8 Å². The molecule has 4 N–H and O–H groups in total. The molecule has 1 aliphatic heterocycles. The molecule has 2 aliphatic rings. The number of fused-ring (bicyclic) bond motifs is 2. The average Bonchev–Trinajstić information content (AvgIpc) is 3.11. The van der Waals surface area contributed by atoms with Crippen molar-refractivity contribution >= 4 is 33.1 Å². The van der Waals surface area contributed by atoms with Crippen LogP contribution in [0.2, 0.25) is 0 Å². The van der Waals surface area contributed by atoms with Gasteiger partial charge in [0.15, 0.2) is 0 Å². The molecule has 7 heteroatoms. The quantitative estimate of drug-likeness (QED) is 0.567. The zero-order chi connectivity index (χ0) is 17.9. The zero-order valence-electron chi connectivity index (χ0n) is 15.3. The topological polar surface area (TPSA) is 77.7 Å². The predicted molar refractivity (Wildman–Crippen MR) is 108 cm³/mol. The van der Waals surface area contributed by atoms with E-state index < -0.39 is 0 Å². The van der Waals surface area contributed by atoms with E-state index in [-0.39, 0.29) is 5.54 Å². The molecule has 4 heterocycles. The first-order valence-corrected chi connectivity index (χ1v) is 9.99. The van der Waals surface area contributed by atoms with E-state index in [2.05, 4.69) is 59.1 Å². The van der Waals surface area contributed by atoms with Crippen LogP contribution in [-0.4, -0.2) is 39.9 Å². The predicted octanol–water partition coefficient (Wildman–Crippen LogP) is 3.53. The molecule has 0 bridgehead atoms. The third-order valence-electron chi connectivity index (χ3n) is 5.16. The molecule has 26 heavy (non-hydrogen) atoms. The molecule has 0 amide bonds. The van der Waals surface area contributed by atoms with E-state index in [0.29, 0.717) is 6.04 Å². The molecule has 1 unspecified atom stereocenters. The lowest BCUT2D eigenvalue weighted by Gasteiger charge is -2.22. The second-order valence-corrected chi connectivity index (χ2v) is 9.43. The largest absolute Gasteiger partial charge is 0.380 e. The van der Waals surface area contributed by atoms with Gasteiger partial charge in [0, 0.05) is 36.9 Å². The number of H-pyrrole nitrogens is 1. The molecule has 0 radical (unpaired) electrons. The minimum Gasteiger partial charge on any atom is -0.380 e. The monoisotopic (exact) mass is 368 g/mol. The Labute approximate surface area is 156 Å². The van der Waals surface area contributed by atoms with Gasteiger partial charge in [0.2, 0.25) is 0 Å². The minimum atomic E-state index is -0.0276. The number of anilines is 2. The van der Waals surface area contributed by atoms with Crippen molar-refractivity contribution in [1.82, 2.24) is 20.5 Å². The summed E-state index contributed by atoms with van der Waals surface area (Å²) in [4.78, 5) is 6.03. The van der Waals surface area contributed by atoms with Crippen LogP contribution in [0.3, 0.4) is 0 Å². The van der Waals surface area contributed by atoms with E-state index in [1.165, 1.54) is 15.3 Å². The van der Waals surface area contributed by atoms with Crippen LogP contribution in [0.5, 0.6) is 0 Å². The van der Waals surface area contributed by atoms with E-state index in [9.17, 15) is 0 Å². The Bertz CT molecular complexity index is 929. The molecule has 1 saturated heterocycles. The highest BCUT2D eigenvalue weighted by atomic mass is 32.1. The molecule has 3 atom stereocenters. The van der Waals surface area contributed by atoms with Gasteiger partial charge >= 0.3 is 0 Å². The van der Waals surface area contributed by atoms with E-state index in [1.54, 1.807) is 17.5 Å². The Morgan fingerprint density at radius 2 is 2.00 bits per heavy atom. The molecule has 136 valence electrons. The Hall–Kier alpha value is -2.12. The highest BCUT2D eigenvalue weighted by molar-refractivity contribution is 7.22. The summed E-state index contributed by atoms with van der Waals surface area (Å²) in [6.07, 6.45) is 1.79. The van der Waals surface area contributed by atoms with Gasteiger partial charge in [-0.1, -0.05) is 0 Å². The van der Waals surface area contributed by atoms with Crippen LogP contribution in [0.15, 0.2) is 24.4 Å². The van der Waals surface area contributed by atoms with E-state index in [0.717, 1.165) is 42.0 Å². The lowest BCUT2D eigenvalue weighted by atomic mass is 10.1. The molecular formula is C19H24N6S. The number of pyridine rings is 1. The fourth-order valence-electron chi connectivity index (χ4n) is 3.92. The van der Waals surface area contributed by atoms with E-state index >= 15 is 0 Å². The first-order valence-electron chi connectivity index (χ1n) is 9.18. The van der Waals surface area contributed by atoms with Crippen LogP contribution < -0.4 is 16.0 Å². The first kappa shape index (κ1) is 16.1. The first-order chi connectivity index (χ1) is 12.5. The molecule has 3 aromatic heterocycles. The van der Waals surface area contributed by atoms with Crippen molar-refractivity contribution in [2.75, 3.05) is 23.7 Å². The Morgan fingerprint density at radius 1 is 1.19 bits per heavy atom. The highest BCUT2D eigenvalue weighted by Crippen LogP contribution is 2.46. The molecule has 1 aliphatic carbocycles. The maximum absolute atomic E-state index is 4.86. The van der Waals surface area contributed by atoms with Gasteiger partial charge in [-0.2, -0.15) is 5.10 Å². The maximum Gasteiger partial charge on any atom is 0.129 e. The lowest BCUT2D eigenvalue weighted by Crippen LogP contribution is -2.27. The number of rotatable bonds is 4. The molecule has 1 saturated carbocycles. The van der Waals surface area contributed by atoms with Crippen molar-refractivity contribution in [3.05, 3.63) is 24.4 Å². The van der Waals surface area contributed by atoms with Crippen molar-refractivity contribution in [3.8, 4) is 10.6 Å². The molecule has 0 spiro atoms. The van der Waals surface area contributed by atoms with Crippen molar-refractivity contribution in [3.63, 3.8) is 0 Å². The lowest BCUT2D eigenvalue weighted by molar-refractivity contribution is 0.631. The highest BCUT2D eigenvalue weighted by Gasteiger charge is 2.53. The van der Waals surface area contributed by atoms with Crippen molar-refractivity contribution < 1.29 is 0 Å². The van der Waals surface area contributed by atoms with Crippen LogP contribution in [0.1, 0.15) is 20.8 Å². The number of nitrogens with zero attached hydrogens (tertiary/aromatic N) is 2. The average molecular weight is 369 g/mol. The third-order valence-corrected chi connectivity index (χ3v) is 6.35. The number of piperidine rings is 1. The van der Waals surface area contributed by atoms with Crippen molar-refractivity contribution in [1.29, 1.82) is 0 Å². The Morgan fingerprint density at radius 3 is 2.69 bits per heavy atom. The SMILES string of the molecule is CC(C)(C)Nc1cc(N[C@@H]2C3CNC[C@H]32)c2sc(-c3ccn[nH]3)cc2n1. The summed E-state index contributed by atoms with van der Waals surface area (Å²) in [6.45, 7) is 8.74. The smallest absolute Gasteiger partial charge is 0.129 e. The molecule has 2 fully saturated rings. The van der Waals surface area contributed by atoms with Gasteiger partial charge in [0.05, 0.1) is 26.5 Å². The normalized spacial score (nSPS) is 24.7. The van der Waals surface area contributed by atoms with Gasteiger partial charge in [-0.25, -0.2) is 4.98 Å². The summed E-state index contributed by atoms with van der Waals surface area (Å²) in [7, 11) is 0. The second kappa shape index (κ2) is 5.69. The van der Waals surface area contributed by atoms with Gasteiger partial charge in [-0.15, -0.1) is 11.3 Å². The molecule has 0 aromatic carbocycles. The van der Waals surface area contributed by atoms with Crippen LogP contribution in [0.4, 0.5) is 11.5 Å². The molecule has 6 nitrogen and oxygen atoms in total. The molecule has 3 aromatic rings. The van der Waals surface area contributed by atoms with Gasteiger partial charge in [-0.05, 0) is 44.7 Å². The summed E-state index contributed by atoms with van der Waals surface area (Å²) < 4.78 is 1.21. The standard InChI is InChI=1S/C19H24N6S/c1-19(2,3)24-16-7-14(23-17-10-8-20-9-11(10)17)18-13(22-16)6-15(26-18)12-4-5-21-25-12/h4-7,10-11,17,20H,8-9H2,1-3H3,(H,21,25)(H2,22,23,24)/t10-,11?,17+/m1/s1. The molecular weight excluding hydrogens is 344 g/mol. The molecule has 5 rings (SSSR count). The van der Waals surface area contributed by atoms with Crippen LogP contribution in [-0.2, 0) is 0 Å². The zero-order valence-corrected chi connectivity index (χ0v) is 16.1. The minimum absolute atomic E-state index is 0.0276. The number of nitrogens with one attached hydrogen (secondary N) is 4. The van der Waals surface area contributed by atoms with Gasteiger partial charge < -0.3 is 16.0 Å². The van der Waals surface area contributed by atoms with Gasteiger partial charge in [-0.3, -0.25) is 5.10 Å². The fourth-order valence-corrected chi connectivity index (χ4v) is 4.97. The van der Waals surface area contributed by atoms with E-state index in [1.807, 2.05) is 6.07 Å². The Kier molecular flexibility index (Phi) is 3.52. The fraction of sp³-hybridized carbons (Fsp3) is 0.474. The number of aromatic nitrogens is 3. The summed E-state index contributed by atoms with van der Waals surface area (Å²) in [5.41, 5.74) is 3.23. The van der Waals surface area contributed by atoms with Crippen LogP contribution >= 0.6 is 11.3 Å². The summed E-state index contributed by atoms with van der Waals surface area (Å²) >= 11 is 1.77. The Balaban J connectivity index is 1.55. The second-order valence-electron chi connectivity index (χ2n) is 8.38. The summed E-state index contributed by atoms with van der Waals surface area (Å²) in [5.74, 6) is 2.46. The van der Waals surface area contributed by atoms with Crippen molar-refractivity contribution in [2.45, 2.75) is 32.4 Å². The number of aromatic amines is 1. The summed E-state index contributed by atoms with van der Waals surface area (Å²) in [5, 5.41) is 17.9. The maximum atomic E-state index is 4.86. The number of thiophene rings is 1. The van der Waals surface area contributed by atoms with E-state index in [4.69, 9.17) is 4.98 Å². The van der Waals surface area contributed by atoms with Gasteiger partial charge in [0.25, 0.3) is 0 Å². The number of hydrogen-bond acceptors (Lipinski definition) is 6. The third kappa shape index (κ3) is 2.85. The summed E-state index contributed by atoms with van der Waals surface area (Å²) in [6, 6.07) is 6.91.